The lowest BCUT2D eigenvalue weighted by Gasteiger charge is -2.23. The Morgan fingerprint density at radius 2 is 1.88 bits per heavy atom. The molecule has 0 atom stereocenters. The molecule has 0 saturated carbocycles. The highest BCUT2D eigenvalue weighted by Gasteiger charge is 2.19. The molecule has 0 aromatic heterocycles. The van der Waals surface area contributed by atoms with E-state index in [1.165, 1.54) is 0 Å². The minimum absolute atomic E-state index is 0.00905. The smallest absolute Gasteiger partial charge is 0.123 e. The first kappa shape index (κ1) is 13.0. The second-order valence-corrected chi connectivity index (χ2v) is 5.39. The number of nitrogens with zero attached hydrogens (tertiary/aromatic N) is 1. The highest BCUT2D eigenvalue weighted by Crippen LogP contribution is 2.33. The third-order valence-corrected chi connectivity index (χ3v) is 2.91. The molecule has 0 amide bonds. The molecule has 90 valence electrons. The van der Waals surface area contributed by atoms with Gasteiger partial charge in [0.2, 0.25) is 0 Å². The summed E-state index contributed by atoms with van der Waals surface area (Å²) >= 11 is 0. The van der Waals surface area contributed by atoms with Crippen molar-refractivity contribution >= 4 is 0 Å². The zero-order valence-corrected chi connectivity index (χ0v) is 11.0. The lowest BCUT2D eigenvalue weighted by molar-refractivity contribution is 0.335. The predicted octanol–water partition coefficient (Wildman–Crippen LogP) is 3.14. The van der Waals surface area contributed by atoms with Gasteiger partial charge in [-0.05, 0) is 24.6 Å². The molecule has 16 heavy (non-hydrogen) atoms. The van der Waals surface area contributed by atoms with Crippen LogP contribution in [-0.2, 0) is 12.0 Å². The van der Waals surface area contributed by atoms with E-state index in [1.54, 1.807) is 0 Å². The Kier molecular flexibility index (Phi) is 3.98. The maximum atomic E-state index is 10.2. The number of benzene rings is 1. The first-order valence-electron chi connectivity index (χ1n) is 5.86. The van der Waals surface area contributed by atoms with E-state index in [1.807, 2.05) is 18.2 Å². The Balaban J connectivity index is 3.05. The first-order valence-corrected chi connectivity index (χ1v) is 5.86. The molecular weight excluding hydrogens is 198 g/mol. The first-order chi connectivity index (χ1) is 7.36. The molecule has 0 heterocycles. The molecule has 1 N–H and O–H groups in total. The Labute approximate surface area is 98.9 Å². The summed E-state index contributed by atoms with van der Waals surface area (Å²) in [6, 6.07) is 6.03. The molecule has 0 fully saturated rings. The lowest BCUT2D eigenvalue weighted by atomic mass is 9.85. The van der Waals surface area contributed by atoms with Gasteiger partial charge in [0.05, 0.1) is 0 Å². The van der Waals surface area contributed by atoms with Gasteiger partial charge in [0.25, 0.3) is 0 Å². The third kappa shape index (κ3) is 2.99. The molecule has 0 aliphatic rings. The summed E-state index contributed by atoms with van der Waals surface area (Å²) in [6.45, 7) is 10.3. The van der Waals surface area contributed by atoms with Crippen molar-refractivity contribution in [2.45, 2.75) is 39.7 Å². The fraction of sp³-hybridized carbons (Fsp3) is 0.571. The van der Waals surface area contributed by atoms with E-state index in [4.69, 9.17) is 0 Å². The van der Waals surface area contributed by atoms with Crippen molar-refractivity contribution in [3.63, 3.8) is 0 Å². The van der Waals surface area contributed by atoms with Gasteiger partial charge in [-0.1, -0.05) is 45.9 Å². The lowest BCUT2D eigenvalue weighted by Crippen LogP contribution is -2.18. The molecule has 1 rings (SSSR count). The van der Waals surface area contributed by atoms with Gasteiger partial charge in [-0.25, -0.2) is 0 Å². The maximum Gasteiger partial charge on any atom is 0.123 e. The van der Waals surface area contributed by atoms with Crippen molar-refractivity contribution in [2.75, 3.05) is 13.6 Å². The van der Waals surface area contributed by atoms with Crippen molar-refractivity contribution in [3.05, 3.63) is 29.3 Å². The maximum absolute atomic E-state index is 10.2. The number of hydrogen-bond donors (Lipinski definition) is 1. The number of para-hydroxylation sites is 1. The van der Waals surface area contributed by atoms with Crippen molar-refractivity contribution in [3.8, 4) is 5.75 Å². The zero-order valence-electron chi connectivity index (χ0n) is 11.0. The van der Waals surface area contributed by atoms with Crippen molar-refractivity contribution in [2.24, 2.45) is 0 Å². The van der Waals surface area contributed by atoms with Crippen LogP contribution in [0, 0.1) is 0 Å². The fourth-order valence-corrected chi connectivity index (χ4v) is 1.73. The van der Waals surface area contributed by atoms with E-state index < -0.39 is 0 Å². The summed E-state index contributed by atoms with van der Waals surface area (Å²) in [5, 5.41) is 10.2. The number of aromatic hydroxyl groups is 1. The zero-order chi connectivity index (χ0) is 12.3. The second-order valence-electron chi connectivity index (χ2n) is 5.39. The number of hydrogen-bond acceptors (Lipinski definition) is 2. The van der Waals surface area contributed by atoms with Crippen LogP contribution in [0.1, 0.15) is 38.8 Å². The van der Waals surface area contributed by atoms with Crippen LogP contribution in [0.3, 0.4) is 0 Å². The molecule has 0 aliphatic heterocycles. The van der Waals surface area contributed by atoms with E-state index in [9.17, 15) is 5.11 Å². The van der Waals surface area contributed by atoms with Crippen LogP contribution in [0.4, 0.5) is 0 Å². The third-order valence-electron chi connectivity index (χ3n) is 2.91. The van der Waals surface area contributed by atoms with Gasteiger partial charge in [-0.15, -0.1) is 0 Å². The monoisotopic (exact) mass is 221 g/mol. The molecule has 0 spiro atoms. The van der Waals surface area contributed by atoms with Gasteiger partial charge in [0.15, 0.2) is 0 Å². The van der Waals surface area contributed by atoms with Gasteiger partial charge in [0, 0.05) is 12.1 Å². The number of phenolic OH excluding ortho intramolecular Hbond substituents is 1. The molecule has 0 bridgehead atoms. The summed E-state index contributed by atoms with van der Waals surface area (Å²) in [5.74, 6) is 0.454. The van der Waals surface area contributed by atoms with Gasteiger partial charge in [0.1, 0.15) is 5.75 Å². The molecule has 0 saturated heterocycles. The Hall–Kier alpha value is -1.02. The quantitative estimate of drug-likeness (QED) is 0.847. The summed E-state index contributed by atoms with van der Waals surface area (Å²) in [4.78, 5) is 2.18. The molecule has 0 unspecified atom stereocenters. The van der Waals surface area contributed by atoms with E-state index in [-0.39, 0.29) is 5.41 Å². The van der Waals surface area contributed by atoms with Crippen molar-refractivity contribution in [1.82, 2.24) is 4.90 Å². The minimum atomic E-state index is -0.00905. The number of rotatable bonds is 3. The van der Waals surface area contributed by atoms with Crippen molar-refractivity contribution in [1.29, 1.82) is 0 Å². The normalized spacial score (nSPS) is 12.1. The average Bonchev–Trinajstić information content (AvgIpc) is 2.19. The standard InChI is InChI=1S/C14H23NO/c1-6-15(5)10-11-8-7-9-12(13(11)16)14(2,3)4/h7-9,16H,6,10H2,1-5H3. The Morgan fingerprint density at radius 1 is 1.25 bits per heavy atom. The van der Waals surface area contributed by atoms with Crippen LogP contribution < -0.4 is 0 Å². The second kappa shape index (κ2) is 4.88. The van der Waals surface area contributed by atoms with Crippen LogP contribution in [0.25, 0.3) is 0 Å². The molecular formula is C14H23NO. The predicted molar refractivity (Wildman–Crippen MR) is 68.8 cm³/mol. The highest BCUT2D eigenvalue weighted by atomic mass is 16.3. The van der Waals surface area contributed by atoms with Gasteiger partial charge in [-0.3, -0.25) is 0 Å². The van der Waals surface area contributed by atoms with Crippen LogP contribution in [0.2, 0.25) is 0 Å². The van der Waals surface area contributed by atoms with Crippen LogP contribution in [0.15, 0.2) is 18.2 Å². The van der Waals surface area contributed by atoms with Gasteiger partial charge in [-0.2, -0.15) is 0 Å². The fourth-order valence-electron chi connectivity index (χ4n) is 1.73. The summed E-state index contributed by atoms with van der Waals surface area (Å²) in [5.41, 5.74) is 2.02. The minimum Gasteiger partial charge on any atom is -0.507 e. The highest BCUT2D eigenvalue weighted by molar-refractivity contribution is 5.43. The Bertz CT molecular complexity index is 352. The Morgan fingerprint density at radius 3 is 2.38 bits per heavy atom. The van der Waals surface area contributed by atoms with Crippen LogP contribution in [-0.4, -0.2) is 23.6 Å². The van der Waals surface area contributed by atoms with E-state index >= 15 is 0 Å². The molecule has 1 aromatic rings. The van der Waals surface area contributed by atoms with Gasteiger partial charge >= 0.3 is 0 Å². The SMILES string of the molecule is CCN(C)Cc1cccc(C(C)(C)C)c1O. The van der Waals surface area contributed by atoms with Gasteiger partial charge < -0.3 is 10.0 Å². The van der Waals surface area contributed by atoms with Crippen LogP contribution in [0.5, 0.6) is 5.75 Å². The van der Waals surface area contributed by atoms with Crippen molar-refractivity contribution < 1.29 is 5.11 Å². The molecule has 2 nitrogen and oxygen atoms in total. The van der Waals surface area contributed by atoms with E-state index in [2.05, 4.69) is 39.6 Å². The number of phenols is 1. The summed E-state index contributed by atoms with van der Waals surface area (Å²) in [6.07, 6.45) is 0. The molecule has 0 radical (unpaired) electrons. The summed E-state index contributed by atoms with van der Waals surface area (Å²) < 4.78 is 0. The molecule has 0 aliphatic carbocycles. The largest absolute Gasteiger partial charge is 0.507 e. The van der Waals surface area contributed by atoms with E-state index in [0.717, 1.165) is 24.2 Å². The summed E-state index contributed by atoms with van der Waals surface area (Å²) in [7, 11) is 2.06. The van der Waals surface area contributed by atoms with E-state index in [0.29, 0.717) is 5.75 Å². The topological polar surface area (TPSA) is 23.5 Å². The van der Waals surface area contributed by atoms with Crippen LogP contribution >= 0.6 is 0 Å². The molecule has 1 aromatic carbocycles. The molecule has 2 heteroatoms. The average molecular weight is 221 g/mol.